The van der Waals surface area contributed by atoms with Crippen molar-refractivity contribution >= 4 is 34.1 Å². The molecule has 6 heteroatoms. The van der Waals surface area contributed by atoms with Crippen molar-refractivity contribution in [2.45, 2.75) is 26.3 Å². The van der Waals surface area contributed by atoms with E-state index in [2.05, 4.69) is 26.3 Å². The van der Waals surface area contributed by atoms with Crippen molar-refractivity contribution in [2.24, 2.45) is 0 Å². The van der Waals surface area contributed by atoms with Gasteiger partial charge in [0.1, 0.15) is 11.3 Å². The van der Waals surface area contributed by atoms with Crippen LogP contribution >= 0.6 is 11.3 Å². The lowest BCUT2D eigenvalue weighted by atomic mass is 10.2. The predicted molar refractivity (Wildman–Crippen MR) is 109 cm³/mol. The van der Waals surface area contributed by atoms with E-state index in [0.29, 0.717) is 12.8 Å². The minimum atomic E-state index is -0.00742. The lowest BCUT2D eigenvalue weighted by Crippen LogP contribution is -2.15. The average Bonchev–Trinajstić information content (AvgIpc) is 3.31. The summed E-state index contributed by atoms with van der Waals surface area (Å²) in [5.41, 5.74) is 3.64. The first-order chi connectivity index (χ1) is 13.2. The molecule has 3 heterocycles. The zero-order valence-corrected chi connectivity index (χ0v) is 15.9. The Labute approximate surface area is 161 Å². The highest BCUT2D eigenvalue weighted by atomic mass is 32.1. The van der Waals surface area contributed by atoms with Crippen molar-refractivity contribution in [3.8, 4) is 0 Å². The molecular formula is C21H20N4OS. The number of benzene rings is 1. The number of anilines is 1. The summed E-state index contributed by atoms with van der Waals surface area (Å²) >= 11 is 1.71. The minimum absolute atomic E-state index is 0.00742. The number of carbonyl (C=O) groups is 1. The summed E-state index contributed by atoms with van der Waals surface area (Å²) in [4.78, 5) is 22.9. The molecule has 0 atom stereocenters. The van der Waals surface area contributed by atoms with Crippen molar-refractivity contribution in [2.75, 3.05) is 5.32 Å². The maximum atomic E-state index is 12.4. The number of carbonyl (C=O) groups excluding carboxylic acids is 1. The lowest BCUT2D eigenvalue weighted by molar-refractivity contribution is -0.116. The summed E-state index contributed by atoms with van der Waals surface area (Å²) in [6.07, 6.45) is 2.73. The van der Waals surface area contributed by atoms with E-state index in [1.807, 2.05) is 49.4 Å². The van der Waals surface area contributed by atoms with Crippen LogP contribution in [0, 0.1) is 6.92 Å². The van der Waals surface area contributed by atoms with Crippen molar-refractivity contribution in [1.82, 2.24) is 14.5 Å². The van der Waals surface area contributed by atoms with Crippen LogP contribution in [0.4, 0.5) is 5.69 Å². The molecule has 0 aliphatic carbocycles. The SMILES string of the molecule is Cc1ccccc1NC(=O)CCc1nc2cccnc2n1Cc1cccs1. The average molecular weight is 376 g/mol. The Morgan fingerprint density at radius 1 is 1.15 bits per heavy atom. The van der Waals surface area contributed by atoms with Crippen molar-refractivity contribution in [1.29, 1.82) is 0 Å². The van der Waals surface area contributed by atoms with Gasteiger partial charge < -0.3 is 9.88 Å². The van der Waals surface area contributed by atoms with E-state index in [9.17, 15) is 4.79 Å². The van der Waals surface area contributed by atoms with Gasteiger partial charge in [-0.3, -0.25) is 4.79 Å². The second-order valence-electron chi connectivity index (χ2n) is 6.40. The van der Waals surface area contributed by atoms with Crippen LogP contribution in [0.3, 0.4) is 0 Å². The van der Waals surface area contributed by atoms with E-state index in [-0.39, 0.29) is 5.91 Å². The van der Waals surface area contributed by atoms with E-state index >= 15 is 0 Å². The summed E-state index contributed by atoms with van der Waals surface area (Å²) in [6, 6.07) is 15.8. The molecule has 1 aromatic carbocycles. The maximum Gasteiger partial charge on any atom is 0.224 e. The van der Waals surface area contributed by atoms with Gasteiger partial charge in [-0.25, -0.2) is 9.97 Å². The second kappa shape index (κ2) is 7.72. The van der Waals surface area contributed by atoms with Crippen molar-refractivity contribution < 1.29 is 4.79 Å². The third kappa shape index (κ3) is 3.90. The molecule has 0 saturated heterocycles. The Kier molecular flexibility index (Phi) is 4.98. The van der Waals surface area contributed by atoms with Gasteiger partial charge in [-0.15, -0.1) is 11.3 Å². The fourth-order valence-electron chi connectivity index (χ4n) is 3.07. The van der Waals surface area contributed by atoms with Gasteiger partial charge in [0.25, 0.3) is 0 Å². The molecule has 5 nitrogen and oxygen atoms in total. The Morgan fingerprint density at radius 3 is 2.85 bits per heavy atom. The summed E-state index contributed by atoms with van der Waals surface area (Å²) in [7, 11) is 0. The number of pyridine rings is 1. The highest BCUT2D eigenvalue weighted by molar-refractivity contribution is 7.09. The number of aryl methyl sites for hydroxylation is 2. The van der Waals surface area contributed by atoms with Crippen molar-refractivity contribution in [3.63, 3.8) is 0 Å². The Morgan fingerprint density at radius 2 is 2.04 bits per heavy atom. The quantitative estimate of drug-likeness (QED) is 0.542. The number of nitrogens with one attached hydrogen (secondary N) is 1. The van der Waals surface area contributed by atoms with Crippen LogP contribution in [-0.2, 0) is 17.8 Å². The highest BCUT2D eigenvalue weighted by Gasteiger charge is 2.14. The minimum Gasteiger partial charge on any atom is -0.326 e. The molecular weight excluding hydrogens is 356 g/mol. The number of nitrogens with zero attached hydrogens (tertiary/aromatic N) is 3. The lowest BCUT2D eigenvalue weighted by Gasteiger charge is -2.09. The predicted octanol–water partition coefficient (Wildman–Crippen LogP) is 4.42. The monoisotopic (exact) mass is 376 g/mol. The zero-order valence-electron chi connectivity index (χ0n) is 15.1. The second-order valence-corrected chi connectivity index (χ2v) is 7.44. The van der Waals surface area contributed by atoms with Crippen LogP contribution in [0.2, 0.25) is 0 Å². The number of imidazole rings is 1. The molecule has 0 aliphatic rings. The molecule has 4 aromatic rings. The standard InChI is InChI=1S/C21H20N4OS/c1-15-6-2-3-8-17(15)24-20(26)11-10-19-23-18-9-4-12-22-21(18)25(19)14-16-7-5-13-27-16/h2-9,12-13H,10-11,14H2,1H3,(H,24,26). The van der Waals surface area contributed by atoms with Gasteiger partial charge in [-0.1, -0.05) is 24.3 Å². The van der Waals surface area contributed by atoms with Crippen LogP contribution in [0.15, 0.2) is 60.1 Å². The highest BCUT2D eigenvalue weighted by Crippen LogP contribution is 2.20. The Hall–Kier alpha value is -2.99. The molecule has 4 rings (SSSR count). The molecule has 0 saturated carbocycles. The molecule has 0 aliphatic heterocycles. The number of rotatable bonds is 6. The van der Waals surface area contributed by atoms with Gasteiger partial charge in [0, 0.05) is 29.6 Å². The van der Waals surface area contributed by atoms with E-state index in [1.165, 1.54) is 4.88 Å². The number of aromatic nitrogens is 3. The third-order valence-electron chi connectivity index (χ3n) is 4.47. The summed E-state index contributed by atoms with van der Waals surface area (Å²) in [5.74, 6) is 0.879. The molecule has 0 spiro atoms. The molecule has 0 bridgehead atoms. The van der Waals surface area contributed by atoms with Crippen LogP contribution in [-0.4, -0.2) is 20.4 Å². The van der Waals surface area contributed by atoms with Gasteiger partial charge >= 0.3 is 0 Å². The van der Waals surface area contributed by atoms with Crippen LogP contribution in [0.5, 0.6) is 0 Å². The van der Waals surface area contributed by atoms with Gasteiger partial charge in [-0.2, -0.15) is 0 Å². The topological polar surface area (TPSA) is 59.8 Å². The fourth-order valence-corrected chi connectivity index (χ4v) is 3.76. The third-order valence-corrected chi connectivity index (χ3v) is 5.33. The first-order valence-corrected chi connectivity index (χ1v) is 9.76. The number of para-hydroxylation sites is 1. The summed E-state index contributed by atoms with van der Waals surface area (Å²) < 4.78 is 2.11. The molecule has 136 valence electrons. The number of thiophene rings is 1. The number of hydrogen-bond donors (Lipinski definition) is 1. The Balaban J connectivity index is 1.53. The fraction of sp³-hybridized carbons (Fsp3) is 0.190. The number of hydrogen-bond acceptors (Lipinski definition) is 4. The molecule has 27 heavy (non-hydrogen) atoms. The van der Waals surface area contributed by atoms with Gasteiger partial charge in [0.05, 0.1) is 6.54 Å². The maximum absolute atomic E-state index is 12.4. The number of fused-ring (bicyclic) bond motifs is 1. The van der Waals surface area contributed by atoms with Crippen molar-refractivity contribution in [3.05, 3.63) is 76.4 Å². The van der Waals surface area contributed by atoms with E-state index in [0.717, 1.165) is 34.8 Å². The molecule has 1 N–H and O–H groups in total. The van der Waals surface area contributed by atoms with E-state index < -0.39 is 0 Å². The molecule has 1 amide bonds. The van der Waals surface area contributed by atoms with Gasteiger partial charge in [0.2, 0.25) is 5.91 Å². The normalized spacial score (nSPS) is 11.0. The smallest absolute Gasteiger partial charge is 0.224 e. The largest absolute Gasteiger partial charge is 0.326 e. The zero-order chi connectivity index (χ0) is 18.6. The van der Waals surface area contributed by atoms with Crippen LogP contribution in [0.25, 0.3) is 11.2 Å². The van der Waals surface area contributed by atoms with E-state index in [1.54, 1.807) is 17.5 Å². The van der Waals surface area contributed by atoms with Gasteiger partial charge in [0.15, 0.2) is 5.65 Å². The number of amides is 1. The van der Waals surface area contributed by atoms with Gasteiger partial charge in [-0.05, 0) is 42.1 Å². The molecule has 3 aromatic heterocycles. The molecule has 0 radical (unpaired) electrons. The summed E-state index contributed by atoms with van der Waals surface area (Å²) in [5, 5.41) is 5.06. The van der Waals surface area contributed by atoms with E-state index in [4.69, 9.17) is 4.98 Å². The van der Waals surface area contributed by atoms with Crippen LogP contribution < -0.4 is 5.32 Å². The molecule has 0 fully saturated rings. The first kappa shape index (κ1) is 17.4. The summed E-state index contributed by atoms with van der Waals surface area (Å²) in [6.45, 7) is 2.71. The van der Waals surface area contributed by atoms with Crippen LogP contribution in [0.1, 0.15) is 22.7 Å². The first-order valence-electron chi connectivity index (χ1n) is 8.89. The molecule has 0 unspecified atom stereocenters. The Bertz CT molecular complexity index is 1070.